The maximum atomic E-state index is 9.82. The Labute approximate surface area is 128 Å². The van der Waals surface area contributed by atoms with Crippen LogP contribution in [0.15, 0.2) is 0 Å². The van der Waals surface area contributed by atoms with Crippen LogP contribution in [0.25, 0.3) is 0 Å². The minimum atomic E-state index is 0.0923. The summed E-state index contributed by atoms with van der Waals surface area (Å²) in [7, 11) is 0. The van der Waals surface area contributed by atoms with E-state index in [-0.39, 0.29) is 11.5 Å². The third-order valence-corrected chi connectivity index (χ3v) is 5.20. The lowest BCUT2D eigenvalue weighted by Crippen LogP contribution is -2.40. The number of aliphatic hydroxyl groups excluding tert-OH is 1. The summed E-state index contributed by atoms with van der Waals surface area (Å²) in [6.45, 7) is 10.7. The SMILES string of the molecule is CCn1nc(C)c(C(C)NCC2(CO)CCCCC2)c1C. The van der Waals surface area contributed by atoms with Gasteiger partial charge in [0.1, 0.15) is 0 Å². The first-order valence-electron chi connectivity index (χ1n) is 8.41. The van der Waals surface area contributed by atoms with E-state index in [4.69, 9.17) is 0 Å². The second kappa shape index (κ2) is 6.93. The molecule has 0 spiro atoms. The zero-order chi connectivity index (χ0) is 15.5. The van der Waals surface area contributed by atoms with E-state index in [2.05, 4.69) is 42.8 Å². The lowest BCUT2D eigenvalue weighted by Gasteiger charge is -2.36. The van der Waals surface area contributed by atoms with Gasteiger partial charge < -0.3 is 10.4 Å². The molecule has 2 N–H and O–H groups in total. The van der Waals surface area contributed by atoms with Crippen LogP contribution in [0.3, 0.4) is 0 Å². The molecule has 0 aliphatic heterocycles. The molecular formula is C17H31N3O. The van der Waals surface area contributed by atoms with Crippen LogP contribution >= 0.6 is 0 Å². The molecule has 1 unspecified atom stereocenters. The summed E-state index contributed by atoms with van der Waals surface area (Å²) in [5.41, 5.74) is 3.79. The van der Waals surface area contributed by atoms with Crippen LogP contribution in [0.4, 0.5) is 0 Å². The molecular weight excluding hydrogens is 262 g/mol. The van der Waals surface area contributed by atoms with Gasteiger partial charge in [-0.2, -0.15) is 5.10 Å². The molecule has 1 aliphatic rings. The first-order chi connectivity index (χ1) is 10.0. The zero-order valence-electron chi connectivity index (χ0n) is 14.1. The Morgan fingerprint density at radius 3 is 2.48 bits per heavy atom. The number of aromatic nitrogens is 2. The van der Waals surface area contributed by atoms with Gasteiger partial charge in [0.25, 0.3) is 0 Å². The molecule has 120 valence electrons. The van der Waals surface area contributed by atoms with Gasteiger partial charge in [-0.1, -0.05) is 19.3 Å². The quantitative estimate of drug-likeness (QED) is 0.847. The number of aryl methyl sites for hydroxylation is 2. The van der Waals surface area contributed by atoms with Gasteiger partial charge in [-0.15, -0.1) is 0 Å². The van der Waals surface area contributed by atoms with Crippen LogP contribution < -0.4 is 5.32 Å². The van der Waals surface area contributed by atoms with Gasteiger partial charge in [-0.05, 0) is 40.5 Å². The number of aliphatic hydroxyl groups is 1. The van der Waals surface area contributed by atoms with Crippen molar-refractivity contribution in [2.45, 2.75) is 72.4 Å². The average molecular weight is 293 g/mol. The van der Waals surface area contributed by atoms with Gasteiger partial charge in [-0.25, -0.2) is 0 Å². The summed E-state index contributed by atoms with van der Waals surface area (Å²) in [6, 6.07) is 0.288. The number of rotatable bonds is 6. The van der Waals surface area contributed by atoms with Crippen molar-refractivity contribution in [3.05, 3.63) is 17.0 Å². The molecule has 0 bridgehead atoms. The van der Waals surface area contributed by atoms with Crippen LogP contribution in [0.1, 0.15) is 68.9 Å². The van der Waals surface area contributed by atoms with Gasteiger partial charge in [-0.3, -0.25) is 4.68 Å². The molecule has 21 heavy (non-hydrogen) atoms. The highest BCUT2D eigenvalue weighted by atomic mass is 16.3. The van der Waals surface area contributed by atoms with Gasteiger partial charge in [0.2, 0.25) is 0 Å². The Bertz CT molecular complexity index is 461. The van der Waals surface area contributed by atoms with Crippen molar-refractivity contribution >= 4 is 0 Å². The highest BCUT2D eigenvalue weighted by molar-refractivity contribution is 5.27. The Morgan fingerprint density at radius 2 is 1.95 bits per heavy atom. The molecule has 0 aromatic carbocycles. The predicted molar refractivity (Wildman–Crippen MR) is 86.4 cm³/mol. The van der Waals surface area contributed by atoms with Crippen molar-refractivity contribution in [3.8, 4) is 0 Å². The average Bonchev–Trinajstić information content (AvgIpc) is 2.80. The standard InChI is InChI=1S/C17H31N3O/c1-5-20-15(4)16(14(3)19-20)13(2)18-11-17(12-21)9-7-6-8-10-17/h13,18,21H,5-12H2,1-4H3. The third kappa shape index (κ3) is 3.49. The second-order valence-corrected chi connectivity index (χ2v) is 6.72. The van der Waals surface area contributed by atoms with Crippen molar-refractivity contribution in [2.24, 2.45) is 5.41 Å². The van der Waals surface area contributed by atoms with Crippen molar-refractivity contribution in [2.75, 3.05) is 13.2 Å². The summed E-state index contributed by atoms with van der Waals surface area (Å²) in [5.74, 6) is 0. The lowest BCUT2D eigenvalue weighted by molar-refractivity contribution is 0.0788. The summed E-state index contributed by atoms with van der Waals surface area (Å²) in [4.78, 5) is 0. The van der Waals surface area contributed by atoms with E-state index in [1.807, 2.05) is 0 Å². The van der Waals surface area contributed by atoms with E-state index in [1.165, 1.54) is 30.5 Å². The highest BCUT2D eigenvalue weighted by Gasteiger charge is 2.32. The molecule has 1 aromatic rings. The zero-order valence-corrected chi connectivity index (χ0v) is 14.1. The van der Waals surface area contributed by atoms with Crippen LogP contribution in [-0.2, 0) is 6.54 Å². The Morgan fingerprint density at radius 1 is 1.29 bits per heavy atom. The van der Waals surface area contributed by atoms with Crippen LogP contribution in [0.2, 0.25) is 0 Å². The first kappa shape index (κ1) is 16.5. The van der Waals surface area contributed by atoms with E-state index in [1.54, 1.807) is 0 Å². The van der Waals surface area contributed by atoms with Crippen molar-refractivity contribution in [1.29, 1.82) is 0 Å². The normalized spacial score (nSPS) is 19.7. The molecule has 1 fully saturated rings. The van der Waals surface area contributed by atoms with Gasteiger partial charge >= 0.3 is 0 Å². The molecule has 4 nitrogen and oxygen atoms in total. The van der Waals surface area contributed by atoms with E-state index in [0.717, 1.165) is 31.6 Å². The molecule has 4 heteroatoms. The van der Waals surface area contributed by atoms with E-state index >= 15 is 0 Å². The monoisotopic (exact) mass is 293 g/mol. The van der Waals surface area contributed by atoms with Crippen molar-refractivity contribution < 1.29 is 5.11 Å². The molecule has 1 saturated carbocycles. The van der Waals surface area contributed by atoms with Crippen LogP contribution in [-0.4, -0.2) is 28.0 Å². The van der Waals surface area contributed by atoms with E-state index in [0.29, 0.717) is 6.61 Å². The summed E-state index contributed by atoms with van der Waals surface area (Å²) in [6.07, 6.45) is 6.12. The largest absolute Gasteiger partial charge is 0.396 e. The number of hydrogen-bond donors (Lipinski definition) is 2. The van der Waals surface area contributed by atoms with Crippen molar-refractivity contribution in [3.63, 3.8) is 0 Å². The molecule has 0 radical (unpaired) electrons. The van der Waals surface area contributed by atoms with Gasteiger partial charge in [0.05, 0.1) is 5.69 Å². The fourth-order valence-electron chi connectivity index (χ4n) is 3.81. The minimum absolute atomic E-state index is 0.0923. The summed E-state index contributed by atoms with van der Waals surface area (Å²) >= 11 is 0. The van der Waals surface area contributed by atoms with E-state index in [9.17, 15) is 5.11 Å². The Kier molecular flexibility index (Phi) is 5.44. The maximum Gasteiger partial charge on any atom is 0.0644 e. The lowest BCUT2D eigenvalue weighted by atomic mass is 9.74. The number of nitrogens with one attached hydrogen (secondary N) is 1. The highest BCUT2D eigenvalue weighted by Crippen LogP contribution is 2.36. The smallest absolute Gasteiger partial charge is 0.0644 e. The van der Waals surface area contributed by atoms with Crippen LogP contribution in [0.5, 0.6) is 0 Å². The fraction of sp³-hybridized carbons (Fsp3) is 0.824. The van der Waals surface area contributed by atoms with Gasteiger partial charge in [0, 0.05) is 42.4 Å². The third-order valence-electron chi connectivity index (χ3n) is 5.20. The fourth-order valence-corrected chi connectivity index (χ4v) is 3.81. The molecule has 1 aromatic heterocycles. The topological polar surface area (TPSA) is 50.1 Å². The molecule has 2 rings (SSSR count). The molecule has 1 aliphatic carbocycles. The molecule has 0 amide bonds. The number of nitrogens with zero attached hydrogens (tertiary/aromatic N) is 2. The maximum absolute atomic E-state index is 9.82. The van der Waals surface area contributed by atoms with Crippen molar-refractivity contribution in [1.82, 2.24) is 15.1 Å². The first-order valence-corrected chi connectivity index (χ1v) is 8.41. The Balaban J connectivity index is 2.04. The molecule has 1 heterocycles. The minimum Gasteiger partial charge on any atom is -0.396 e. The van der Waals surface area contributed by atoms with E-state index < -0.39 is 0 Å². The predicted octanol–water partition coefficient (Wildman–Crippen LogP) is 3.11. The second-order valence-electron chi connectivity index (χ2n) is 6.72. The number of hydrogen-bond acceptors (Lipinski definition) is 3. The Hall–Kier alpha value is -0.870. The molecule has 1 atom stereocenters. The van der Waals surface area contributed by atoms with Crippen LogP contribution in [0, 0.1) is 19.3 Å². The summed E-state index contributed by atoms with van der Waals surface area (Å²) < 4.78 is 2.07. The summed E-state index contributed by atoms with van der Waals surface area (Å²) in [5, 5.41) is 18.1. The molecule has 0 saturated heterocycles. The van der Waals surface area contributed by atoms with Gasteiger partial charge in [0.15, 0.2) is 0 Å².